The molecule has 1 aromatic heterocycles. The molecule has 76 valence electrons. The molecule has 0 aliphatic heterocycles. The quantitative estimate of drug-likeness (QED) is 0.717. The van der Waals surface area contributed by atoms with Gasteiger partial charge in [0.1, 0.15) is 0 Å². The largest absolute Gasteiger partial charge is 0.295 e. The van der Waals surface area contributed by atoms with Crippen molar-refractivity contribution >= 4 is 17.1 Å². The van der Waals surface area contributed by atoms with Gasteiger partial charge < -0.3 is 0 Å². The molecule has 0 unspecified atom stereocenters. The Morgan fingerprint density at radius 2 is 2.00 bits per heavy atom. The number of ketones is 1. The van der Waals surface area contributed by atoms with Crippen molar-refractivity contribution in [3.63, 3.8) is 0 Å². The van der Waals surface area contributed by atoms with Gasteiger partial charge in [-0.25, -0.2) is 0 Å². The van der Waals surface area contributed by atoms with Crippen LogP contribution < -0.4 is 0 Å². The summed E-state index contributed by atoms with van der Waals surface area (Å²) in [4.78, 5) is 12.7. The van der Waals surface area contributed by atoms with Crippen molar-refractivity contribution in [3.05, 3.63) is 57.8 Å². The Balaban J connectivity index is 2.32. The predicted octanol–water partition coefficient (Wildman–Crippen LogP) is 3.54. The minimum atomic E-state index is 0.141. The van der Waals surface area contributed by atoms with Crippen LogP contribution in [0.5, 0.6) is 0 Å². The number of benzene rings is 1. The lowest BCUT2D eigenvalue weighted by molar-refractivity contribution is 0.101. The van der Waals surface area contributed by atoms with E-state index in [-0.39, 0.29) is 5.78 Å². The van der Waals surface area contributed by atoms with E-state index in [4.69, 9.17) is 0 Å². The summed E-state index contributed by atoms with van der Waals surface area (Å²) in [5, 5.41) is 2.06. The van der Waals surface area contributed by atoms with Crippen LogP contribution in [0.3, 0.4) is 0 Å². The third-order valence-corrected chi connectivity index (χ3v) is 3.22. The minimum Gasteiger partial charge on any atom is -0.295 e. The van der Waals surface area contributed by atoms with E-state index < -0.39 is 0 Å². The zero-order chi connectivity index (χ0) is 10.7. The van der Waals surface area contributed by atoms with E-state index in [1.54, 1.807) is 18.3 Å². The van der Waals surface area contributed by atoms with E-state index in [9.17, 15) is 4.79 Å². The SMILES string of the molecule is CC(=O)c1ccccc1Cc1cccs1. The summed E-state index contributed by atoms with van der Waals surface area (Å²) in [6.45, 7) is 1.62. The molecule has 2 heteroatoms. The molecule has 0 spiro atoms. The standard InChI is InChI=1S/C13H12OS/c1-10(14)13-7-3-2-5-11(13)9-12-6-4-8-15-12/h2-8H,9H2,1H3. The third kappa shape index (κ3) is 2.34. The highest BCUT2D eigenvalue weighted by Gasteiger charge is 2.06. The summed E-state index contributed by atoms with van der Waals surface area (Å²) in [7, 11) is 0. The minimum absolute atomic E-state index is 0.141. The molecule has 1 aromatic carbocycles. The third-order valence-electron chi connectivity index (χ3n) is 2.34. The number of Topliss-reactive ketones (excluding diaryl/α,β-unsaturated/α-hetero) is 1. The van der Waals surface area contributed by atoms with Crippen LogP contribution in [0.25, 0.3) is 0 Å². The Kier molecular flexibility index (Phi) is 2.97. The van der Waals surface area contributed by atoms with E-state index in [2.05, 4.69) is 11.4 Å². The second-order valence-electron chi connectivity index (χ2n) is 3.47. The van der Waals surface area contributed by atoms with Crippen molar-refractivity contribution in [2.45, 2.75) is 13.3 Å². The average Bonchev–Trinajstić information content (AvgIpc) is 2.71. The lowest BCUT2D eigenvalue weighted by Crippen LogP contribution is -1.99. The second-order valence-corrected chi connectivity index (χ2v) is 4.50. The zero-order valence-electron chi connectivity index (χ0n) is 8.57. The molecule has 1 nitrogen and oxygen atoms in total. The van der Waals surface area contributed by atoms with Crippen molar-refractivity contribution in [1.29, 1.82) is 0 Å². The van der Waals surface area contributed by atoms with Crippen molar-refractivity contribution in [1.82, 2.24) is 0 Å². The van der Waals surface area contributed by atoms with Crippen molar-refractivity contribution in [3.8, 4) is 0 Å². The summed E-state index contributed by atoms with van der Waals surface area (Å²) in [6.07, 6.45) is 0.855. The van der Waals surface area contributed by atoms with Gasteiger partial charge in [0.2, 0.25) is 0 Å². The predicted molar refractivity (Wildman–Crippen MR) is 63.6 cm³/mol. The van der Waals surface area contributed by atoms with Crippen molar-refractivity contribution < 1.29 is 4.79 Å². The fraction of sp³-hybridized carbons (Fsp3) is 0.154. The van der Waals surface area contributed by atoms with E-state index in [0.717, 1.165) is 17.5 Å². The first-order chi connectivity index (χ1) is 7.27. The average molecular weight is 216 g/mol. The first kappa shape index (κ1) is 10.1. The molecule has 0 N–H and O–H groups in total. The van der Waals surface area contributed by atoms with Crippen LogP contribution in [-0.2, 0) is 6.42 Å². The maximum absolute atomic E-state index is 11.4. The molecule has 2 rings (SSSR count). The second kappa shape index (κ2) is 4.41. The number of carbonyl (C=O) groups excluding carboxylic acids is 1. The van der Waals surface area contributed by atoms with E-state index in [1.165, 1.54) is 4.88 Å². The number of thiophene rings is 1. The molecule has 0 aliphatic rings. The molecule has 0 amide bonds. The van der Waals surface area contributed by atoms with Gasteiger partial charge in [0.15, 0.2) is 5.78 Å². The van der Waals surface area contributed by atoms with Gasteiger partial charge in [-0.15, -0.1) is 11.3 Å². The van der Waals surface area contributed by atoms with Gasteiger partial charge >= 0.3 is 0 Å². The maximum Gasteiger partial charge on any atom is 0.160 e. The van der Waals surface area contributed by atoms with Gasteiger partial charge in [0.05, 0.1) is 0 Å². The molecule has 15 heavy (non-hydrogen) atoms. The van der Waals surface area contributed by atoms with Gasteiger partial charge in [-0.05, 0) is 23.9 Å². The molecule has 0 atom stereocenters. The van der Waals surface area contributed by atoms with Crippen LogP contribution in [-0.4, -0.2) is 5.78 Å². The number of hydrogen-bond donors (Lipinski definition) is 0. The summed E-state index contributed by atoms with van der Waals surface area (Å²) < 4.78 is 0. The van der Waals surface area contributed by atoms with Crippen LogP contribution in [0.15, 0.2) is 41.8 Å². The highest BCUT2D eigenvalue weighted by atomic mass is 32.1. The smallest absolute Gasteiger partial charge is 0.160 e. The van der Waals surface area contributed by atoms with Gasteiger partial charge in [0, 0.05) is 16.9 Å². The van der Waals surface area contributed by atoms with Crippen LogP contribution in [0.1, 0.15) is 27.7 Å². The first-order valence-corrected chi connectivity index (χ1v) is 5.76. The fourth-order valence-corrected chi connectivity index (χ4v) is 2.35. The van der Waals surface area contributed by atoms with E-state index in [1.807, 2.05) is 30.3 Å². The maximum atomic E-state index is 11.4. The van der Waals surface area contributed by atoms with Crippen molar-refractivity contribution in [2.75, 3.05) is 0 Å². The molecule has 0 saturated heterocycles. The Labute approximate surface area is 93.4 Å². The van der Waals surface area contributed by atoms with Gasteiger partial charge in [-0.1, -0.05) is 30.3 Å². The summed E-state index contributed by atoms with van der Waals surface area (Å²) >= 11 is 1.73. The van der Waals surface area contributed by atoms with Crippen LogP contribution in [0.2, 0.25) is 0 Å². The van der Waals surface area contributed by atoms with Crippen LogP contribution in [0, 0.1) is 0 Å². The molecular formula is C13H12OS. The van der Waals surface area contributed by atoms with Crippen LogP contribution >= 0.6 is 11.3 Å². The molecule has 2 aromatic rings. The van der Waals surface area contributed by atoms with Crippen molar-refractivity contribution in [2.24, 2.45) is 0 Å². The molecule has 1 heterocycles. The molecular weight excluding hydrogens is 204 g/mol. The normalized spacial score (nSPS) is 10.2. The molecule has 0 fully saturated rings. The highest BCUT2D eigenvalue weighted by Crippen LogP contribution is 2.18. The van der Waals surface area contributed by atoms with Crippen LogP contribution in [0.4, 0.5) is 0 Å². The number of rotatable bonds is 3. The van der Waals surface area contributed by atoms with Gasteiger partial charge in [-0.3, -0.25) is 4.79 Å². The van der Waals surface area contributed by atoms with Gasteiger partial charge in [-0.2, -0.15) is 0 Å². The Hall–Kier alpha value is -1.41. The lowest BCUT2D eigenvalue weighted by Gasteiger charge is -2.04. The summed E-state index contributed by atoms with van der Waals surface area (Å²) in [6, 6.07) is 11.9. The van der Waals surface area contributed by atoms with Gasteiger partial charge in [0.25, 0.3) is 0 Å². The molecule has 0 aliphatic carbocycles. The zero-order valence-corrected chi connectivity index (χ0v) is 9.38. The van der Waals surface area contributed by atoms with E-state index in [0.29, 0.717) is 0 Å². The molecule has 0 radical (unpaired) electrons. The topological polar surface area (TPSA) is 17.1 Å². The Morgan fingerprint density at radius 1 is 1.20 bits per heavy atom. The lowest BCUT2D eigenvalue weighted by atomic mass is 10.0. The fourth-order valence-electron chi connectivity index (χ4n) is 1.62. The Bertz CT molecular complexity index is 457. The monoisotopic (exact) mass is 216 g/mol. The summed E-state index contributed by atoms with van der Waals surface area (Å²) in [5.74, 6) is 0.141. The summed E-state index contributed by atoms with van der Waals surface area (Å²) in [5.41, 5.74) is 1.96. The number of hydrogen-bond acceptors (Lipinski definition) is 2. The number of carbonyl (C=O) groups is 1. The molecule has 0 saturated carbocycles. The molecule has 0 bridgehead atoms. The highest BCUT2D eigenvalue weighted by molar-refractivity contribution is 7.09. The Morgan fingerprint density at radius 3 is 2.67 bits per heavy atom. The first-order valence-electron chi connectivity index (χ1n) is 4.88. The van der Waals surface area contributed by atoms with E-state index >= 15 is 0 Å².